The second-order valence-electron chi connectivity index (χ2n) is 3.37. The van der Waals surface area contributed by atoms with Crippen molar-refractivity contribution in [3.8, 4) is 11.3 Å². The van der Waals surface area contributed by atoms with Gasteiger partial charge in [0.2, 0.25) is 0 Å². The standard InChI is InChI=1S/C11H9BrFNOS/c1-6(15)11-14-10(5-16-11)8-4-7(12)2-3-9(8)13/h2-6,15H,1H3. The van der Waals surface area contributed by atoms with Gasteiger partial charge in [0.1, 0.15) is 16.9 Å². The van der Waals surface area contributed by atoms with Crippen LogP contribution in [0.5, 0.6) is 0 Å². The van der Waals surface area contributed by atoms with Crippen molar-refractivity contribution in [2.45, 2.75) is 13.0 Å². The molecule has 1 N–H and O–H groups in total. The van der Waals surface area contributed by atoms with E-state index in [1.165, 1.54) is 17.4 Å². The van der Waals surface area contributed by atoms with Gasteiger partial charge in [-0.3, -0.25) is 0 Å². The van der Waals surface area contributed by atoms with Crippen molar-refractivity contribution in [1.29, 1.82) is 0 Å². The summed E-state index contributed by atoms with van der Waals surface area (Å²) in [6.07, 6.45) is -0.617. The van der Waals surface area contributed by atoms with E-state index in [9.17, 15) is 9.50 Å². The molecule has 0 saturated heterocycles. The number of nitrogens with zero attached hydrogens (tertiary/aromatic N) is 1. The van der Waals surface area contributed by atoms with Crippen LogP contribution in [-0.4, -0.2) is 10.1 Å². The van der Waals surface area contributed by atoms with Crippen molar-refractivity contribution >= 4 is 27.3 Å². The lowest BCUT2D eigenvalue weighted by molar-refractivity contribution is 0.199. The Morgan fingerprint density at radius 3 is 2.88 bits per heavy atom. The Kier molecular flexibility index (Phi) is 3.37. The molecule has 1 unspecified atom stereocenters. The lowest BCUT2D eigenvalue weighted by atomic mass is 10.1. The average Bonchev–Trinajstić information content (AvgIpc) is 2.70. The van der Waals surface area contributed by atoms with Gasteiger partial charge in [-0.15, -0.1) is 11.3 Å². The Labute approximate surface area is 105 Å². The molecule has 0 fully saturated rings. The van der Waals surface area contributed by atoms with Crippen molar-refractivity contribution in [2.24, 2.45) is 0 Å². The molecule has 2 aromatic rings. The zero-order valence-electron chi connectivity index (χ0n) is 8.45. The van der Waals surface area contributed by atoms with Gasteiger partial charge in [-0.2, -0.15) is 0 Å². The van der Waals surface area contributed by atoms with E-state index < -0.39 is 6.10 Å². The third kappa shape index (κ3) is 2.31. The van der Waals surface area contributed by atoms with E-state index in [-0.39, 0.29) is 5.82 Å². The van der Waals surface area contributed by atoms with Crippen LogP contribution < -0.4 is 0 Å². The summed E-state index contributed by atoms with van der Waals surface area (Å²) in [5.74, 6) is -0.314. The summed E-state index contributed by atoms with van der Waals surface area (Å²) in [7, 11) is 0. The van der Waals surface area contributed by atoms with E-state index in [1.54, 1.807) is 24.4 Å². The smallest absolute Gasteiger partial charge is 0.132 e. The van der Waals surface area contributed by atoms with Gasteiger partial charge in [0.25, 0.3) is 0 Å². The maximum Gasteiger partial charge on any atom is 0.132 e. The molecule has 0 amide bonds. The number of halogens is 2. The molecule has 0 aliphatic carbocycles. The predicted molar refractivity (Wildman–Crippen MR) is 65.8 cm³/mol. The molecule has 84 valence electrons. The highest BCUT2D eigenvalue weighted by Crippen LogP contribution is 2.29. The molecular formula is C11H9BrFNOS. The molecule has 0 aliphatic heterocycles. The number of aliphatic hydroxyl groups excluding tert-OH is 1. The molecule has 2 rings (SSSR count). The first kappa shape index (κ1) is 11.7. The van der Waals surface area contributed by atoms with E-state index in [0.717, 1.165) is 4.47 Å². The van der Waals surface area contributed by atoms with Gasteiger partial charge in [-0.25, -0.2) is 9.37 Å². The Balaban J connectivity index is 2.46. The zero-order valence-corrected chi connectivity index (χ0v) is 10.8. The fraction of sp³-hybridized carbons (Fsp3) is 0.182. The molecule has 0 spiro atoms. The maximum atomic E-state index is 13.5. The van der Waals surface area contributed by atoms with Crippen molar-refractivity contribution in [1.82, 2.24) is 4.98 Å². The van der Waals surface area contributed by atoms with Crippen LogP contribution in [0.3, 0.4) is 0 Å². The molecule has 0 radical (unpaired) electrons. The normalized spacial score (nSPS) is 12.8. The SMILES string of the molecule is CC(O)c1nc(-c2cc(Br)ccc2F)cs1. The first-order chi connectivity index (χ1) is 7.58. The lowest BCUT2D eigenvalue weighted by Gasteiger charge is -2.00. The molecular weight excluding hydrogens is 293 g/mol. The second kappa shape index (κ2) is 4.61. The minimum absolute atomic E-state index is 0.314. The predicted octanol–water partition coefficient (Wildman–Crippen LogP) is 3.77. The minimum atomic E-state index is -0.617. The number of aliphatic hydroxyl groups is 1. The number of hydrogen-bond acceptors (Lipinski definition) is 3. The quantitative estimate of drug-likeness (QED) is 0.916. The Hall–Kier alpha value is -0.780. The second-order valence-corrected chi connectivity index (χ2v) is 5.18. The molecule has 2 nitrogen and oxygen atoms in total. The van der Waals surface area contributed by atoms with Crippen LogP contribution in [0, 0.1) is 5.82 Å². The number of benzene rings is 1. The van der Waals surface area contributed by atoms with Crippen molar-refractivity contribution in [3.63, 3.8) is 0 Å². The summed E-state index contributed by atoms with van der Waals surface area (Å²) < 4.78 is 14.3. The van der Waals surface area contributed by atoms with Crippen LogP contribution in [0.4, 0.5) is 4.39 Å². The molecule has 0 saturated carbocycles. The fourth-order valence-electron chi connectivity index (χ4n) is 1.30. The van der Waals surface area contributed by atoms with Gasteiger partial charge in [0.05, 0.1) is 5.69 Å². The molecule has 1 aromatic heterocycles. The van der Waals surface area contributed by atoms with Crippen LogP contribution in [0.15, 0.2) is 28.1 Å². The van der Waals surface area contributed by atoms with E-state index >= 15 is 0 Å². The first-order valence-corrected chi connectivity index (χ1v) is 6.34. The van der Waals surface area contributed by atoms with Gasteiger partial charge in [-0.1, -0.05) is 15.9 Å². The van der Waals surface area contributed by atoms with Gasteiger partial charge in [0.15, 0.2) is 0 Å². The molecule has 0 aliphatic rings. The molecule has 5 heteroatoms. The summed E-state index contributed by atoms with van der Waals surface area (Å²) in [5.41, 5.74) is 0.997. The number of thiazole rings is 1. The highest BCUT2D eigenvalue weighted by Gasteiger charge is 2.12. The topological polar surface area (TPSA) is 33.1 Å². The molecule has 1 aromatic carbocycles. The summed E-state index contributed by atoms with van der Waals surface area (Å²) in [6.45, 7) is 1.64. The third-order valence-corrected chi connectivity index (χ3v) is 3.59. The van der Waals surface area contributed by atoms with Crippen molar-refractivity contribution in [2.75, 3.05) is 0 Å². The minimum Gasteiger partial charge on any atom is -0.386 e. The molecule has 16 heavy (non-hydrogen) atoms. The molecule has 1 atom stereocenters. The highest BCUT2D eigenvalue weighted by atomic mass is 79.9. The average molecular weight is 302 g/mol. The summed E-state index contributed by atoms with van der Waals surface area (Å²) in [4.78, 5) is 4.19. The van der Waals surface area contributed by atoms with Crippen LogP contribution >= 0.6 is 27.3 Å². The van der Waals surface area contributed by atoms with Crippen LogP contribution in [0.1, 0.15) is 18.0 Å². The largest absolute Gasteiger partial charge is 0.386 e. The van der Waals surface area contributed by atoms with Gasteiger partial charge < -0.3 is 5.11 Å². The number of rotatable bonds is 2. The van der Waals surface area contributed by atoms with Gasteiger partial charge in [0, 0.05) is 15.4 Å². The van der Waals surface area contributed by atoms with Crippen LogP contribution in [-0.2, 0) is 0 Å². The number of aromatic nitrogens is 1. The summed E-state index contributed by atoms with van der Waals surface area (Å²) in [5, 5.41) is 11.7. The Bertz CT molecular complexity index is 512. The molecule has 1 heterocycles. The molecule has 0 bridgehead atoms. The summed E-state index contributed by atoms with van der Waals surface area (Å²) in [6, 6.07) is 4.71. The number of hydrogen-bond donors (Lipinski definition) is 1. The Morgan fingerprint density at radius 1 is 1.50 bits per heavy atom. The Morgan fingerprint density at radius 2 is 2.25 bits per heavy atom. The van der Waals surface area contributed by atoms with E-state index in [0.29, 0.717) is 16.3 Å². The van der Waals surface area contributed by atoms with Crippen molar-refractivity contribution in [3.05, 3.63) is 38.9 Å². The maximum absolute atomic E-state index is 13.5. The van der Waals surface area contributed by atoms with E-state index in [2.05, 4.69) is 20.9 Å². The first-order valence-electron chi connectivity index (χ1n) is 4.67. The highest BCUT2D eigenvalue weighted by molar-refractivity contribution is 9.10. The van der Waals surface area contributed by atoms with Crippen LogP contribution in [0.2, 0.25) is 0 Å². The van der Waals surface area contributed by atoms with Crippen molar-refractivity contribution < 1.29 is 9.50 Å². The monoisotopic (exact) mass is 301 g/mol. The van der Waals surface area contributed by atoms with Gasteiger partial charge >= 0.3 is 0 Å². The van der Waals surface area contributed by atoms with Crippen LogP contribution in [0.25, 0.3) is 11.3 Å². The van der Waals surface area contributed by atoms with E-state index in [4.69, 9.17) is 0 Å². The third-order valence-electron chi connectivity index (χ3n) is 2.08. The summed E-state index contributed by atoms with van der Waals surface area (Å²) >= 11 is 4.61. The zero-order chi connectivity index (χ0) is 11.7. The van der Waals surface area contributed by atoms with Gasteiger partial charge in [-0.05, 0) is 25.1 Å². The fourth-order valence-corrected chi connectivity index (χ4v) is 2.42. The van der Waals surface area contributed by atoms with E-state index in [1.807, 2.05) is 0 Å². The lowest BCUT2D eigenvalue weighted by Crippen LogP contribution is -1.90.